The van der Waals surface area contributed by atoms with Crippen molar-refractivity contribution in [2.45, 2.75) is 12.0 Å². The Morgan fingerprint density at radius 2 is 2.00 bits per heavy atom. The van der Waals surface area contributed by atoms with Crippen molar-refractivity contribution in [2.75, 3.05) is 0 Å². The number of benzene rings is 1. The number of amides is 1. The number of nitrogens with one attached hydrogen (secondary N) is 1. The highest BCUT2D eigenvalue weighted by atomic mass is 16.2. The lowest BCUT2D eigenvalue weighted by Gasteiger charge is -2.33. The zero-order chi connectivity index (χ0) is 13.1. The van der Waals surface area contributed by atoms with E-state index >= 15 is 0 Å². The number of allylic oxidation sites excluding steroid dienone is 2. The Morgan fingerprint density at radius 1 is 1.16 bits per heavy atom. The van der Waals surface area contributed by atoms with E-state index in [0.717, 1.165) is 12.0 Å². The van der Waals surface area contributed by atoms with Crippen LogP contribution in [0, 0.1) is 0 Å². The van der Waals surface area contributed by atoms with Crippen molar-refractivity contribution in [3.05, 3.63) is 72.1 Å². The third-order valence-corrected chi connectivity index (χ3v) is 3.28. The van der Waals surface area contributed by atoms with Crippen molar-refractivity contribution in [3.63, 3.8) is 0 Å². The molecule has 1 aromatic rings. The fraction of sp³-hybridized carbons (Fsp3) is 0.133. The second-order valence-corrected chi connectivity index (χ2v) is 4.52. The van der Waals surface area contributed by atoms with E-state index in [0.29, 0.717) is 5.70 Å². The number of hydrogen-bond donors (Lipinski definition) is 1. The quantitative estimate of drug-likeness (QED) is 0.898. The summed E-state index contributed by atoms with van der Waals surface area (Å²) in [6.45, 7) is 0. The third kappa shape index (κ3) is 2.12. The molecule has 0 radical (unpaired) electrons. The molecular weight excluding hydrogens is 238 g/mol. The minimum absolute atomic E-state index is 0.321. The highest BCUT2D eigenvalue weighted by Crippen LogP contribution is 2.31. The maximum Gasteiger partial charge on any atom is 0.313 e. The van der Waals surface area contributed by atoms with Crippen LogP contribution in [0.4, 0.5) is 0 Å². The molecule has 1 N–H and O–H groups in total. The molecule has 3 rings (SSSR count). The van der Waals surface area contributed by atoms with E-state index in [1.54, 1.807) is 0 Å². The van der Waals surface area contributed by atoms with Crippen LogP contribution in [0.1, 0.15) is 12.0 Å². The van der Waals surface area contributed by atoms with Gasteiger partial charge in [-0.05, 0) is 12.0 Å². The predicted octanol–water partition coefficient (Wildman–Crippen LogP) is 2.82. The standard InChI is InChI=1S/C15H13N3O/c19-14-13(11-16-18-14)17-15(9-5-2-6-10-15)12-7-3-1-4-8-12/h1-9,11H,10H2,(H,17,18,19). The molecule has 0 saturated heterocycles. The Hall–Kier alpha value is -2.49. The molecule has 0 aromatic heterocycles. The Morgan fingerprint density at radius 3 is 2.63 bits per heavy atom. The van der Waals surface area contributed by atoms with Crippen LogP contribution in [0.25, 0.3) is 0 Å². The van der Waals surface area contributed by atoms with Gasteiger partial charge in [-0.2, -0.15) is 5.11 Å². The van der Waals surface area contributed by atoms with Gasteiger partial charge in [-0.25, -0.2) is 0 Å². The van der Waals surface area contributed by atoms with Crippen molar-refractivity contribution in [1.29, 1.82) is 0 Å². The first-order valence-electron chi connectivity index (χ1n) is 6.14. The molecule has 94 valence electrons. The Labute approximate surface area is 111 Å². The monoisotopic (exact) mass is 251 g/mol. The van der Waals surface area contributed by atoms with Crippen molar-refractivity contribution in [1.82, 2.24) is 5.32 Å². The first kappa shape index (κ1) is 11.6. The summed E-state index contributed by atoms with van der Waals surface area (Å²) in [5.41, 5.74) is 1.13. The van der Waals surface area contributed by atoms with Gasteiger partial charge < -0.3 is 5.32 Å². The molecule has 0 fully saturated rings. The minimum Gasteiger partial charge on any atom is -0.366 e. The lowest BCUT2D eigenvalue weighted by atomic mass is 9.83. The zero-order valence-corrected chi connectivity index (χ0v) is 10.3. The van der Waals surface area contributed by atoms with Crippen LogP contribution in [-0.4, -0.2) is 5.91 Å². The van der Waals surface area contributed by atoms with Gasteiger partial charge in [0.05, 0.1) is 11.7 Å². The summed E-state index contributed by atoms with van der Waals surface area (Å²) in [7, 11) is 0. The molecule has 0 bridgehead atoms. The number of rotatable bonds is 3. The van der Waals surface area contributed by atoms with Crippen LogP contribution in [0.3, 0.4) is 0 Å². The van der Waals surface area contributed by atoms with Gasteiger partial charge in [0.15, 0.2) is 0 Å². The molecule has 0 spiro atoms. The van der Waals surface area contributed by atoms with Gasteiger partial charge in [0.2, 0.25) is 0 Å². The summed E-state index contributed by atoms with van der Waals surface area (Å²) < 4.78 is 0. The summed E-state index contributed by atoms with van der Waals surface area (Å²) in [5, 5.41) is 10.4. The number of nitrogens with zero attached hydrogens (tertiary/aromatic N) is 2. The van der Waals surface area contributed by atoms with Gasteiger partial charge in [-0.3, -0.25) is 4.79 Å². The topological polar surface area (TPSA) is 53.8 Å². The summed E-state index contributed by atoms with van der Waals surface area (Å²) in [4.78, 5) is 11.6. The second-order valence-electron chi connectivity index (χ2n) is 4.52. The van der Waals surface area contributed by atoms with Crippen LogP contribution in [0.15, 0.2) is 76.8 Å². The van der Waals surface area contributed by atoms with Gasteiger partial charge in [0.25, 0.3) is 0 Å². The predicted molar refractivity (Wildman–Crippen MR) is 72.1 cm³/mol. The van der Waals surface area contributed by atoms with Gasteiger partial charge >= 0.3 is 5.91 Å². The summed E-state index contributed by atoms with van der Waals surface area (Å²) >= 11 is 0. The minimum atomic E-state index is -0.410. The highest BCUT2D eigenvalue weighted by molar-refractivity contribution is 5.94. The van der Waals surface area contributed by atoms with Crippen molar-refractivity contribution >= 4 is 5.91 Å². The lowest BCUT2D eigenvalue weighted by molar-refractivity contribution is -0.114. The molecule has 1 unspecified atom stereocenters. The third-order valence-electron chi connectivity index (χ3n) is 3.28. The van der Waals surface area contributed by atoms with Crippen LogP contribution in [-0.2, 0) is 10.3 Å². The Balaban J connectivity index is 1.97. The molecule has 19 heavy (non-hydrogen) atoms. The SMILES string of the molecule is O=C1N=NC=C1NC1(c2ccccc2)C=CC=CC1. The Kier molecular flexibility index (Phi) is 2.83. The number of azo groups is 1. The molecule has 1 aliphatic heterocycles. The molecule has 1 atom stereocenters. The lowest BCUT2D eigenvalue weighted by Crippen LogP contribution is -2.41. The molecule has 0 saturated carbocycles. The molecular formula is C15H13N3O. The van der Waals surface area contributed by atoms with Crippen molar-refractivity contribution in [2.24, 2.45) is 10.2 Å². The normalized spacial score (nSPS) is 24.6. The maximum absolute atomic E-state index is 11.6. The van der Waals surface area contributed by atoms with Crippen molar-refractivity contribution in [3.8, 4) is 0 Å². The van der Waals surface area contributed by atoms with Gasteiger partial charge in [-0.15, -0.1) is 5.11 Å². The van der Waals surface area contributed by atoms with E-state index in [1.807, 2.05) is 42.5 Å². The summed E-state index contributed by atoms with van der Waals surface area (Å²) in [6, 6.07) is 10.1. The largest absolute Gasteiger partial charge is 0.366 e. The van der Waals surface area contributed by atoms with Crippen molar-refractivity contribution < 1.29 is 4.79 Å². The zero-order valence-electron chi connectivity index (χ0n) is 10.3. The fourth-order valence-electron chi connectivity index (χ4n) is 2.31. The molecule has 4 heteroatoms. The highest BCUT2D eigenvalue weighted by Gasteiger charge is 2.32. The number of hydrogen-bond acceptors (Lipinski definition) is 3. The van der Waals surface area contributed by atoms with Crippen LogP contribution >= 0.6 is 0 Å². The van der Waals surface area contributed by atoms with E-state index in [1.165, 1.54) is 6.20 Å². The Bertz CT molecular complexity index is 614. The van der Waals surface area contributed by atoms with E-state index in [9.17, 15) is 4.79 Å². The summed E-state index contributed by atoms with van der Waals surface area (Å²) in [5.74, 6) is -0.321. The maximum atomic E-state index is 11.6. The molecule has 1 heterocycles. The number of carbonyl (C=O) groups excluding carboxylic acids is 1. The van der Waals surface area contributed by atoms with Crippen LogP contribution in [0.5, 0.6) is 0 Å². The second kappa shape index (κ2) is 4.65. The average molecular weight is 251 g/mol. The first-order chi connectivity index (χ1) is 9.30. The summed E-state index contributed by atoms with van der Waals surface area (Å²) in [6.07, 6.45) is 10.4. The van der Waals surface area contributed by atoms with E-state index in [-0.39, 0.29) is 5.91 Å². The molecule has 1 amide bonds. The smallest absolute Gasteiger partial charge is 0.313 e. The molecule has 2 aliphatic rings. The first-order valence-corrected chi connectivity index (χ1v) is 6.14. The van der Waals surface area contributed by atoms with Gasteiger partial charge in [0.1, 0.15) is 5.70 Å². The van der Waals surface area contributed by atoms with E-state index in [4.69, 9.17) is 0 Å². The molecule has 1 aliphatic carbocycles. The molecule has 4 nitrogen and oxygen atoms in total. The van der Waals surface area contributed by atoms with E-state index in [2.05, 4.69) is 27.7 Å². The van der Waals surface area contributed by atoms with Gasteiger partial charge in [0, 0.05) is 0 Å². The number of carbonyl (C=O) groups is 1. The van der Waals surface area contributed by atoms with Crippen LogP contribution in [0.2, 0.25) is 0 Å². The van der Waals surface area contributed by atoms with E-state index < -0.39 is 5.54 Å². The van der Waals surface area contributed by atoms with Crippen LogP contribution < -0.4 is 5.32 Å². The molecule has 1 aromatic carbocycles. The average Bonchev–Trinajstić information content (AvgIpc) is 2.86. The van der Waals surface area contributed by atoms with Gasteiger partial charge in [-0.1, -0.05) is 54.6 Å². The fourth-order valence-corrected chi connectivity index (χ4v) is 2.31.